The molecule has 3 aromatic rings. The average molecular weight is 331 g/mol. The Bertz CT molecular complexity index is 891. The number of hydrogen-bond donors (Lipinski definition) is 3. The van der Waals surface area contributed by atoms with E-state index < -0.39 is 16.1 Å². The van der Waals surface area contributed by atoms with Gasteiger partial charge in [-0.25, -0.2) is 18.1 Å². The number of hydrogen-bond acceptors (Lipinski definition) is 4. The van der Waals surface area contributed by atoms with Gasteiger partial charge in [0, 0.05) is 24.3 Å². The molecule has 7 heteroatoms. The molecule has 0 aliphatic heterocycles. The zero-order valence-corrected chi connectivity index (χ0v) is 13.1. The van der Waals surface area contributed by atoms with E-state index in [0.29, 0.717) is 17.5 Å². The molecule has 0 saturated carbocycles. The van der Waals surface area contributed by atoms with Gasteiger partial charge in [0.25, 0.3) is 0 Å². The first kappa shape index (κ1) is 15.7. The Morgan fingerprint density at radius 2 is 1.96 bits per heavy atom. The lowest BCUT2D eigenvalue weighted by Crippen LogP contribution is -2.33. The number of aliphatic hydroxyl groups excluding tert-OH is 1. The van der Waals surface area contributed by atoms with E-state index in [1.807, 2.05) is 30.3 Å². The molecule has 120 valence electrons. The van der Waals surface area contributed by atoms with Gasteiger partial charge in [0.1, 0.15) is 10.5 Å². The molecule has 3 N–H and O–H groups in total. The summed E-state index contributed by atoms with van der Waals surface area (Å²) in [6.07, 6.45) is 2.59. The van der Waals surface area contributed by atoms with E-state index in [2.05, 4.69) is 14.7 Å². The standard InChI is InChI=1S/C16H17N3O3S/c20-13(9-12-5-2-1-3-6-12)10-19-23(21,22)15-11-18-16-14(15)7-4-8-17-16/h1-8,11,13,19-20H,9-10H2,(H,17,18). The molecule has 2 heterocycles. The molecule has 0 fully saturated rings. The van der Waals surface area contributed by atoms with Gasteiger partial charge in [-0.15, -0.1) is 0 Å². The molecule has 0 saturated heterocycles. The maximum atomic E-state index is 12.4. The summed E-state index contributed by atoms with van der Waals surface area (Å²) in [6.45, 7) is -0.0514. The average Bonchev–Trinajstić information content (AvgIpc) is 2.99. The van der Waals surface area contributed by atoms with Crippen LogP contribution < -0.4 is 4.72 Å². The van der Waals surface area contributed by atoms with Crippen LogP contribution in [-0.2, 0) is 16.4 Å². The van der Waals surface area contributed by atoms with Crippen LogP contribution in [0.15, 0.2) is 59.8 Å². The monoisotopic (exact) mass is 331 g/mol. The van der Waals surface area contributed by atoms with Crippen LogP contribution in [0.4, 0.5) is 0 Å². The minimum Gasteiger partial charge on any atom is -0.391 e. The molecule has 1 aromatic carbocycles. The third-order valence-corrected chi connectivity index (χ3v) is 4.99. The number of rotatable bonds is 6. The van der Waals surface area contributed by atoms with Gasteiger partial charge in [-0.1, -0.05) is 30.3 Å². The lowest BCUT2D eigenvalue weighted by molar-refractivity contribution is 0.179. The normalized spacial score (nSPS) is 13.3. The Morgan fingerprint density at radius 3 is 2.74 bits per heavy atom. The van der Waals surface area contributed by atoms with E-state index in [9.17, 15) is 13.5 Å². The Balaban J connectivity index is 1.69. The molecule has 0 spiro atoms. The first-order valence-electron chi connectivity index (χ1n) is 7.20. The van der Waals surface area contributed by atoms with Crippen molar-refractivity contribution in [3.05, 3.63) is 60.4 Å². The molecular weight excluding hydrogens is 314 g/mol. The van der Waals surface area contributed by atoms with Gasteiger partial charge in [0.2, 0.25) is 10.0 Å². The molecule has 0 radical (unpaired) electrons. The molecule has 3 rings (SSSR count). The predicted octanol–water partition coefficient (Wildman–Crippen LogP) is 1.44. The number of aliphatic hydroxyl groups is 1. The summed E-state index contributed by atoms with van der Waals surface area (Å²) >= 11 is 0. The van der Waals surface area contributed by atoms with E-state index in [4.69, 9.17) is 0 Å². The second-order valence-electron chi connectivity index (χ2n) is 5.25. The zero-order chi connectivity index (χ0) is 16.3. The van der Waals surface area contributed by atoms with Crippen molar-refractivity contribution in [2.24, 2.45) is 0 Å². The van der Waals surface area contributed by atoms with Crippen LogP contribution in [0.2, 0.25) is 0 Å². The first-order chi connectivity index (χ1) is 11.1. The molecule has 0 aliphatic rings. The third-order valence-electron chi connectivity index (χ3n) is 3.53. The lowest BCUT2D eigenvalue weighted by Gasteiger charge is -2.12. The minimum absolute atomic E-state index is 0.0514. The summed E-state index contributed by atoms with van der Waals surface area (Å²) in [4.78, 5) is 7.03. The van der Waals surface area contributed by atoms with Crippen LogP contribution in [0.5, 0.6) is 0 Å². The molecular formula is C16H17N3O3S. The first-order valence-corrected chi connectivity index (χ1v) is 8.68. The highest BCUT2D eigenvalue weighted by molar-refractivity contribution is 7.89. The van der Waals surface area contributed by atoms with Crippen molar-refractivity contribution in [3.8, 4) is 0 Å². The van der Waals surface area contributed by atoms with Crippen molar-refractivity contribution in [3.63, 3.8) is 0 Å². The van der Waals surface area contributed by atoms with Crippen molar-refractivity contribution in [1.82, 2.24) is 14.7 Å². The number of nitrogens with one attached hydrogen (secondary N) is 2. The van der Waals surface area contributed by atoms with Gasteiger partial charge < -0.3 is 10.1 Å². The van der Waals surface area contributed by atoms with Gasteiger partial charge in [-0.2, -0.15) is 0 Å². The Kier molecular flexibility index (Phi) is 4.42. The number of benzene rings is 1. The Hall–Kier alpha value is -2.22. The van der Waals surface area contributed by atoms with Gasteiger partial charge >= 0.3 is 0 Å². The van der Waals surface area contributed by atoms with Crippen molar-refractivity contribution in [1.29, 1.82) is 0 Å². The Morgan fingerprint density at radius 1 is 1.17 bits per heavy atom. The fourth-order valence-corrected chi connectivity index (χ4v) is 3.63. The van der Waals surface area contributed by atoms with Gasteiger partial charge in [0.15, 0.2) is 0 Å². The van der Waals surface area contributed by atoms with E-state index in [1.165, 1.54) is 6.20 Å². The summed E-state index contributed by atoms with van der Waals surface area (Å²) in [5, 5.41) is 10.6. The van der Waals surface area contributed by atoms with Crippen LogP contribution >= 0.6 is 0 Å². The largest absolute Gasteiger partial charge is 0.391 e. The third kappa shape index (κ3) is 3.58. The topological polar surface area (TPSA) is 95.1 Å². The maximum Gasteiger partial charge on any atom is 0.242 e. The van der Waals surface area contributed by atoms with Crippen LogP contribution in [-0.4, -0.2) is 36.1 Å². The number of aromatic nitrogens is 2. The molecule has 0 aliphatic carbocycles. The van der Waals surface area contributed by atoms with Gasteiger partial charge in [0.05, 0.1) is 6.10 Å². The molecule has 0 bridgehead atoms. The number of pyridine rings is 1. The van der Waals surface area contributed by atoms with Gasteiger partial charge in [-0.3, -0.25) is 0 Å². The number of aromatic amines is 1. The number of sulfonamides is 1. The van der Waals surface area contributed by atoms with Crippen molar-refractivity contribution in [2.75, 3.05) is 6.54 Å². The quantitative estimate of drug-likeness (QED) is 0.637. The Labute approximate surface area is 134 Å². The van der Waals surface area contributed by atoms with Crippen LogP contribution in [0.1, 0.15) is 5.56 Å². The van der Waals surface area contributed by atoms with E-state index in [-0.39, 0.29) is 11.4 Å². The van der Waals surface area contributed by atoms with Crippen molar-refractivity contribution in [2.45, 2.75) is 17.4 Å². The van der Waals surface area contributed by atoms with Crippen molar-refractivity contribution >= 4 is 21.1 Å². The second kappa shape index (κ2) is 6.49. The molecule has 1 atom stereocenters. The maximum absolute atomic E-state index is 12.4. The summed E-state index contributed by atoms with van der Waals surface area (Å²) < 4.78 is 27.2. The van der Waals surface area contributed by atoms with Crippen LogP contribution in [0.3, 0.4) is 0 Å². The minimum atomic E-state index is -3.71. The molecule has 1 unspecified atom stereocenters. The highest BCUT2D eigenvalue weighted by Gasteiger charge is 2.20. The van der Waals surface area contributed by atoms with Crippen molar-refractivity contribution < 1.29 is 13.5 Å². The highest BCUT2D eigenvalue weighted by atomic mass is 32.2. The smallest absolute Gasteiger partial charge is 0.242 e. The van der Waals surface area contributed by atoms with Crippen LogP contribution in [0, 0.1) is 0 Å². The lowest BCUT2D eigenvalue weighted by atomic mass is 10.1. The molecule has 23 heavy (non-hydrogen) atoms. The summed E-state index contributed by atoms with van der Waals surface area (Å²) in [7, 11) is -3.71. The summed E-state index contributed by atoms with van der Waals surface area (Å²) in [5.74, 6) is 0. The number of nitrogens with zero attached hydrogens (tertiary/aromatic N) is 1. The van der Waals surface area contributed by atoms with E-state index in [0.717, 1.165) is 5.56 Å². The molecule has 0 amide bonds. The fraction of sp³-hybridized carbons (Fsp3) is 0.188. The second-order valence-corrected chi connectivity index (χ2v) is 6.98. The SMILES string of the molecule is O=S(=O)(NCC(O)Cc1ccccc1)c1c[nH]c2ncccc12. The summed E-state index contributed by atoms with van der Waals surface area (Å²) in [5.41, 5.74) is 1.47. The molecule has 2 aromatic heterocycles. The molecule has 6 nitrogen and oxygen atoms in total. The van der Waals surface area contributed by atoms with E-state index >= 15 is 0 Å². The number of fused-ring (bicyclic) bond motifs is 1. The highest BCUT2D eigenvalue weighted by Crippen LogP contribution is 2.20. The predicted molar refractivity (Wildman–Crippen MR) is 87.4 cm³/mol. The van der Waals surface area contributed by atoms with Crippen LogP contribution in [0.25, 0.3) is 11.0 Å². The zero-order valence-electron chi connectivity index (χ0n) is 12.3. The summed E-state index contributed by atoms with van der Waals surface area (Å²) in [6, 6.07) is 12.8. The van der Waals surface area contributed by atoms with Gasteiger partial charge in [-0.05, 0) is 24.1 Å². The number of H-pyrrole nitrogens is 1. The fourth-order valence-electron chi connectivity index (χ4n) is 2.40. The van der Waals surface area contributed by atoms with E-state index in [1.54, 1.807) is 18.3 Å².